The first-order valence-electron chi connectivity index (χ1n) is 8.43. The molecule has 2 aromatic rings. The maximum absolute atomic E-state index is 11.8. The number of hydrogen-bond acceptors (Lipinski definition) is 5. The monoisotopic (exact) mass is 465 g/mol. The summed E-state index contributed by atoms with van der Waals surface area (Å²) in [7, 11) is 0. The average Bonchev–Trinajstić information content (AvgIpc) is 3.09. The Morgan fingerprint density at radius 1 is 1.25 bits per heavy atom. The SMILES string of the molecule is CCc1ccc(OCC(=O)NNC(=S)NC(=O)C=Cc2ccc(C)o2)c(Br)c1. The molecule has 0 aliphatic heterocycles. The molecule has 1 aromatic heterocycles. The van der Waals surface area contributed by atoms with Crippen molar-refractivity contribution in [3.8, 4) is 5.75 Å². The highest BCUT2D eigenvalue weighted by Gasteiger charge is 2.07. The molecule has 0 saturated carbocycles. The standard InChI is InChI=1S/C19H20BrN3O4S/c1-3-13-5-8-16(15(20)10-13)26-11-18(25)22-23-19(28)21-17(24)9-7-14-6-4-12(2)27-14/h4-10H,3,11H2,1-2H3,(H,22,25)(H2,21,23,24,28). The minimum Gasteiger partial charge on any atom is -0.483 e. The number of benzene rings is 1. The quantitative estimate of drug-likeness (QED) is 0.345. The minimum atomic E-state index is -0.461. The summed E-state index contributed by atoms with van der Waals surface area (Å²) < 4.78 is 11.5. The van der Waals surface area contributed by atoms with E-state index in [2.05, 4.69) is 39.0 Å². The van der Waals surface area contributed by atoms with Gasteiger partial charge in [0, 0.05) is 6.08 Å². The maximum Gasteiger partial charge on any atom is 0.276 e. The van der Waals surface area contributed by atoms with Gasteiger partial charge in [0.15, 0.2) is 11.7 Å². The Morgan fingerprint density at radius 2 is 2.04 bits per heavy atom. The van der Waals surface area contributed by atoms with Crippen molar-refractivity contribution in [1.29, 1.82) is 0 Å². The molecule has 0 saturated heterocycles. The summed E-state index contributed by atoms with van der Waals surface area (Å²) in [6, 6.07) is 9.19. The van der Waals surface area contributed by atoms with Gasteiger partial charge in [0.25, 0.3) is 5.91 Å². The number of ether oxygens (including phenoxy) is 1. The summed E-state index contributed by atoms with van der Waals surface area (Å²) in [5, 5.41) is 2.35. The van der Waals surface area contributed by atoms with E-state index in [0.717, 1.165) is 22.2 Å². The molecule has 9 heteroatoms. The number of amides is 2. The van der Waals surface area contributed by atoms with Gasteiger partial charge in [-0.25, -0.2) is 0 Å². The van der Waals surface area contributed by atoms with Crippen molar-refractivity contribution >= 4 is 51.2 Å². The van der Waals surface area contributed by atoms with E-state index in [0.29, 0.717) is 11.5 Å². The normalized spacial score (nSPS) is 10.5. The lowest BCUT2D eigenvalue weighted by atomic mass is 10.2. The number of carbonyl (C=O) groups is 2. The van der Waals surface area contributed by atoms with Gasteiger partial charge < -0.3 is 9.15 Å². The predicted octanol–water partition coefficient (Wildman–Crippen LogP) is 3.03. The number of aryl methyl sites for hydroxylation is 2. The number of halogens is 1. The first kappa shape index (κ1) is 21.6. The van der Waals surface area contributed by atoms with Gasteiger partial charge in [-0.15, -0.1) is 0 Å². The highest BCUT2D eigenvalue weighted by atomic mass is 79.9. The maximum atomic E-state index is 11.8. The van der Waals surface area contributed by atoms with Crippen LogP contribution in [0.15, 0.2) is 45.3 Å². The van der Waals surface area contributed by atoms with Crippen LogP contribution in [0, 0.1) is 6.92 Å². The molecule has 0 unspecified atom stereocenters. The topological polar surface area (TPSA) is 92.6 Å². The lowest BCUT2D eigenvalue weighted by Crippen LogP contribution is -2.49. The zero-order chi connectivity index (χ0) is 20.5. The van der Waals surface area contributed by atoms with Crippen LogP contribution in [0.4, 0.5) is 0 Å². The number of hydrazine groups is 1. The second kappa shape index (κ2) is 10.6. The van der Waals surface area contributed by atoms with Gasteiger partial charge in [0.05, 0.1) is 4.47 Å². The average molecular weight is 466 g/mol. The Morgan fingerprint density at radius 3 is 2.68 bits per heavy atom. The van der Waals surface area contributed by atoms with Gasteiger partial charge in [0.1, 0.15) is 17.3 Å². The number of thiocarbonyl (C=S) groups is 1. The Labute approximate surface area is 176 Å². The zero-order valence-electron chi connectivity index (χ0n) is 15.4. The molecule has 148 valence electrons. The van der Waals surface area contributed by atoms with Gasteiger partial charge in [-0.1, -0.05) is 13.0 Å². The van der Waals surface area contributed by atoms with Crippen molar-refractivity contribution in [1.82, 2.24) is 16.2 Å². The minimum absolute atomic E-state index is 0.0490. The van der Waals surface area contributed by atoms with Crippen LogP contribution in [0.2, 0.25) is 0 Å². The van der Waals surface area contributed by atoms with Crippen LogP contribution in [0.25, 0.3) is 6.08 Å². The molecule has 28 heavy (non-hydrogen) atoms. The molecule has 7 nitrogen and oxygen atoms in total. The Bertz CT molecular complexity index is 895. The third kappa shape index (κ3) is 7.16. The molecule has 0 aliphatic carbocycles. The lowest BCUT2D eigenvalue weighted by Gasteiger charge is -2.11. The first-order valence-corrected chi connectivity index (χ1v) is 9.63. The summed E-state index contributed by atoms with van der Waals surface area (Å²) in [6.07, 6.45) is 3.69. The molecule has 2 rings (SSSR count). The van der Waals surface area contributed by atoms with E-state index < -0.39 is 11.8 Å². The Balaban J connectivity index is 1.71. The van der Waals surface area contributed by atoms with Crippen LogP contribution in [0.1, 0.15) is 24.0 Å². The van der Waals surface area contributed by atoms with E-state index >= 15 is 0 Å². The number of carbonyl (C=O) groups excluding carboxylic acids is 2. The number of rotatable bonds is 6. The van der Waals surface area contributed by atoms with Crippen LogP contribution in [0.3, 0.4) is 0 Å². The molecule has 0 bridgehead atoms. The highest BCUT2D eigenvalue weighted by Crippen LogP contribution is 2.26. The van der Waals surface area contributed by atoms with Crippen LogP contribution in [-0.4, -0.2) is 23.5 Å². The van der Waals surface area contributed by atoms with Gasteiger partial charge in [-0.2, -0.15) is 0 Å². The highest BCUT2D eigenvalue weighted by molar-refractivity contribution is 9.10. The van der Waals surface area contributed by atoms with Gasteiger partial charge in [-0.05, 0) is 77.4 Å². The number of hydrogen-bond donors (Lipinski definition) is 3. The fourth-order valence-electron chi connectivity index (χ4n) is 2.07. The predicted molar refractivity (Wildman–Crippen MR) is 114 cm³/mol. The molecular formula is C19H20BrN3O4S. The summed E-state index contributed by atoms with van der Waals surface area (Å²) in [4.78, 5) is 23.6. The molecule has 2 amide bonds. The van der Waals surface area contributed by atoms with Crippen LogP contribution >= 0.6 is 28.1 Å². The third-order valence-electron chi connectivity index (χ3n) is 3.48. The molecule has 0 spiro atoms. The smallest absolute Gasteiger partial charge is 0.276 e. The summed E-state index contributed by atoms with van der Waals surface area (Å²) in [6.45, 7) is 3.64. The second-order valence-electron chi connectivity index (χ2n) is 5.68. The van der Waals surface area contributed by atoms with Crippen LogP contribution in [-0.2, 0) is 16.0 Å². The number of nitrogens with one attached hydrogen (secondary N) is 3. The van der Waals surface area contributed by atoms with E-state index in [9.17, 15) is 9.59 Å². The Hall–Kier alpha value is -2.65. The van der Waals surface area contributed by atoms with Crippen molar-refractivity contribution in [3.05, 3.63) is 58.0 Å². The third-order valence-corrected chi connectivity index (χ3v) is 4.30. The van der Waals surface area contributed by atoms with Gasteiger partial charge in [0.2, 0.25) is 5.91 Å². The van der Waals surface area contributed by atoms with E-state index in [4.69, 9.17) is 21.4 Å². The van der Waals surface area contributed by atoms with Crippen molar-refractivity contribution in [2.24, 2.45) is 0 Å². The molecule has 1 heterocycles. The van der Waals surface area contributed by atoms with Crippen molar-refractivity contribution in [2.45, 2.75) is 20.3 Å². The van der Waals surface area contributed by atoms with Crippen molar-refractivity contribution < 1.29 is 18.7 Å². The van der Waals surface area contributed by atoms with E-state index in [1.165, 1.54) is 12.2 Å². The first-order chi connectivity index (χ1) is 13.4. The molecule has 0 aliphatic rings. The summed E-state index contributed by atoms with van der Waals surface area (Å²) in [5.41, 5.74) is 5.94. The van der Waals surface area contributed by atoms with Crippen LogP contribution in [0.5, 0.6) is 5.75 Å². The van der Waals surface area contributed by atoms with Crippen molar-refractivity contribution in [2.75, 3.05) is 6.61 Å². The summed E-state index contributed by atoms with van der Waals surface area (Å²) in [5.74, 6) is 0.939. The molecule has 3 N–H and O–H groups in total. The molecule has 0 fully saturated rings. The molecular weight excluding hydrogens is 446 g/mol. The largest absolute Gasteiger partial charge is 0.483 e. The van der Waals surface area contributed by atoms with E-state index in [1.807, 2.05) is 19.1 Å². The lowest BCUT2D eigenvalue weighted by molar-refractivity contribution is -0.123. The fourth-order valence-corrected chi connectivity index (χ4v) is 2.77. The second-order valence-corrected chi connectivity index (χ2v) is 6.94. The van der Waals surface area contributed by atoms with E-state index in [-0.39, 0.29) is 11.7 Å². The Kier molecular flexibility index (Phi) is 8.21. The molecule has 1 aromatic carbocycles. The van der Waals surface area contributed by atoms with E-state index in [1.54, 1.807) is 18.2 Å². The summed E-state index contributed by atoms with van der Waals surface area (Å²) >= 11 is 8.35. The zero-order valence-corrected chi connectivity index (χ0v) is 17.8. The molecule has 0 atom stereocenters. The fraction of sp³-hybridized carbons (Fsp3) is 0.211. The number of furan rings is 1. The van der Waals surface area contributed by atoms with Gasteiger partial charge in [-0.3, -0.25) is 25.8 Å². The molecule has 0 radical (unpaired) electrons. The van der Waals surface area contributed by atoms with Gasteiger partial charge >= 0.3 is 0 Å². The van der Waals surface area contributed by atoms with Crippen molar-refractivity contribution in [3.63, 3.8) is 0 Å². The van der Waals surface area contributed by atoms with Crippen LogP contribution < -0.4 is 20.9 Å².